The Morgan fingerprint density at radius 2 is 1.78 bits per heavy atom. The fourth-order valence-electron chi connectivity index (χ4n) is 1.90. The van der Waals surface area contributed by atoms with Crippen LogP contribution in [0.1, 0.15) is 18.5 Å². The van der Waals surface area contributed by atoms with Crippen molar-refractivity contribution < 1.29 is 19.0 Å². The van der Waals surface area contributed by atoms with Crippen LogP contribution >= 0.6 is 0 Å². The van der Waals surface area contributed by atoms with Crippen LogP contribution in [0.3, 0.4) is 0 Å². The van der Waals surface area contributed by atoms with Crippen LogP contribution < -0.4 is 19.5 Å². The number of nitrogens with one attached hydrogen (secondary N) is 1. The molecule has 0 aliphatic rings. The van der Waals surface area contributed by atoms with E-state index >= 15 is 0 Å². The van der Waals surface area contributed by atoms with E-state index in [0.29, 0.717) is 22.8 Å². The summed E-state index contributed by atoms with van der Waals surface area (Å²) in [5, 5.41) is 11.9. The second-order valence-electron chi connectivity index (χ2n) is 4.41. The van der Waals surface area contributed by atoms with Crippen molar-refractivity contribution in [1.29, 1.82) is 5.26 Å². The van der Waals surface area contributed by atoms with Crippen LogP contribution in [0.4, 0.5) is 0 Å². The van der Waals surface area contributed by atoms with Crippen molar-refractivity contribution in [3.8, 4) is 23.3 Å². The average Bonchev–Trinajstić information content (AvgIpc) is 2.58. The van der Waals surface area contributed by atoms with Gasteiger partial charge in [-0.25, -0.2) is 0 Å². The zero-order valence-corrected chi connectivity index (χ0v) is 13.6. The number of carbonyl (C=O) groups is 1. The number of allylic oxidation sites excluding steroid dienone is 3. The van der Waals surface area contributed by atoms with Crippen LogP contribution in [-0.2, 0) is 4.79 Å². The molecule has 1 atom stereocenters. The van der Waals surface area contributed by atoms with Gasteiger partial charge in [-0.15, -0.1) is 0 Å². The lowest BCUT2D eigenvalue weighted by Crippen LogP contribution is -2.25. The van der Waals surface area contributed by atoms with Crippen LogP contribution in [0, 0.1) is 11.3 Å². The lowest BCUT2D eigenvalue weighted by molar-refractivity contribution is -0.116. The first-order valence-electron chi connectivity index (χ1n) is 6.90. The van der Waals surface area contributed by atoms with E-state index in [0.717, 1.165) is 0 Å². The summed E-state index contributed by atoms with van der Waals surface area (Å²) in [6.07, 6.45) is 6.46. The minimum Gasteiger partial charge on any atom is -0.493 e. The maximum atomic E-state index is 11.8. The van der Waals surface area contributed by atoms with Crippen LogP contribution in [-0.4, -0.2) is 27.2 Å². The molecule has 0 aliphatic heterocycles. The van der Waals surface area contributed by atoms with E-state index in [1.54, 1.807) is 30.4 Å². The summed E-state index contributed by atoms with van der Waals surface area (Å²) in [4.78, 5) is 11.8. The largest absolute Gasteiger partial charge is 0.493 e. The molecular weight excluding hydrogens is 296 g/mol. The van der Waals surface area contributed by atoms with E-state index in [-0.39, 0.29) is 5.91 Å². The molecule has 0 bridgehead atoms. The molecule has 0 heterocycles. The van der Waals surface area contributed by atoms with E-state index in [1.807, 2.05) is 13.0 Å². The fraction of sp³-hybridized carbons (Fsp3) is 0.294. The van der Waals surface area contributed by atoms with Crippen LogP contribution in [0.25, 0.3) is 0 Å². The second-order valence-corrected chi connectivity index (χ2v) is 4.41. The first-order chi connectivity index (χ1) is 11.1. The van der Waals surface area contributed by atoms with E-state index in [2.05, 4.69) is 5.32 Å². The van der Waals surface area contributed by atoms with Gasteiger partial charge in [0.05, 0.1) is 27.4 Å². The Kier molecular flexibility index (Phi) is 7.21. The van der Waals surface area contributed by atoms with Crippen molar-refractivity contribution in [1.82, 2.24) is 5.32 Å². The molecule has 122 valence electrons. The first-order valence-corrected chi connectivity index (χ1v) is 6.90. The third-order valence-electron chi connectivity index (χ3n) is 2.99. The highest BCUT2D eigenvalue weighted by Gasteiger charge is 2.19. The van der Waals surface area contributed by atoms with Crippen molar-refractivity contribution in [2.24, 2.45) is 0 Å². The highest BCUT2D eigenvalue weighted by Crippen LogP contribution is 2.39. The predicted molar refractivity (Wildman–Crippen MR) is 86.5 cm³/mol. The minimum atomic E-state index is -0.841. The molecular formula is C17H20N2O4. The highest BCUT2D eigenvalue weighted by molar-refractivity contribution is 5.88. The molecule has 0 aliphatic carbocycles. The highest BCUT2D eigenvalue weighted by atomic mass is 16.5. The monoisotopic (exact) mass is 316 g/mol. The molecule has 1 aromatic carbocycles. The summed E-state index contributed by atoms with van der Waals surface area (Å²) >= 11 is 0. The van der Waals surface area contributed by atoms with Gasteiger partial charge in [0.1, 0.15) is 6.04 Å². The zero-order valence-electron chi connectivity index (χ0n) is 13.6. The van der Waals surface area contributed by atoms with Crippen LogP contribution in [0.5, 0.6) is 17.2 Å². The van der Waals surface area contributed by atoms with Gasteiger partial charge in [0.2, 0.25) is 11.7 Å². The maximum absolute atomic E-state index is 11.8. The molecule has 1 unspecified atom stereocenters. The Labute approximate surface area is 136 Å². The Hall–Kier alpha value is -2.94. The number of hydrogen-bond donors (Lipinski definition) is 1. The van der Waals surface area contributed by atoms with E-state index < -0.39 is 6.04 Å². The van der Waals surface area contributed by atoms with Gasteiger partial charge in [-0.1, -0.05) is 18.2 Å². The Bertz CT molecular complexity index is 619. The Morgan fingerprint density at radius 1 is 1.17 bits per heavy atom. The van der Waals surface area contributed by atoms with Crippen LogP contribution in [0.2, 0.25) is 0 Å². The second kappa shape index (κ2) is 9.15. The predicted octanol–water partition coefficient (Wildman–Crippen LogP) is 2.53. The summed E-state index contributed by atoms with van der Waals surface area (Å²) in [7, 11) is 4.47. The normalized spacial score (nSPS) is 12.0. The van der Waals surface area contributed by atoms with E-state index in [1.165, 1.54) is 27.4 Å². The molecule has 6 heteroatoms. The summed E-state index contributed by atoms with van der Waals surface area (Å²) < 4.78 is 15.7. The molecule has 0 spiro atoms. The molecule has 0 saturated heterocycles. The molecule has 1 N–H and O–H groups in total. The number of benzene rings is 1. The first kappa shape index (κ1) is 18.1. The summed E-state index contributed by atoms with van der Waals surface area (Å²) in [5.74, 6) is 0.889. The molecule has 6 nitrogen and oxygen atoms in total. The molecule has 1 rings (SSSR count). The minimum absolute atomic E-state index is 0.372. The van der Waals surface area contributed by atoms with Gasteiger partial charge in [0.25, 0.3) is 0 Å². The topological polar surface area (TPSA) is 80.6 Å². The summed E-state index contributed by atoms with van der Waals surface area (Å²) in [6.45, 7) is 1.84. The van der Waals surface area contributed by atoms with Crippen LogP contribution in [0.15, 0.2) is 36.4 Å². The molecule has 0 fully saturated rings. The average molecular weight is 316 g/mol. The lowest BCUT2D eigenvalue weighted by Gasteiger charge is -2.16. The van der Waals surface area contributed by atoms with Crippen molar-refractivity contribution in [3.05, 3.63) is 42.0 Å². The van der Waals surface area contributed by atoms with Gasteiger partial charge in [0.15, 0.2) is 11.5 Å². The standard InChI is InChI=1S/C17H20N2O4/c1-5-6-7-8-16(20)19-13(11-18)12-9-14(21-2)17(23-4)15(10-12)22-3/h5-10,13H,1-4H3,(H,19,20). The Balaban J connectivity index is 3.11. The third kappa shape index (κ3) is 4.78. The van der Waals surface area contributed by atoms with Gasteiger partial charge in [-0.2, -0.15) is 5.26 Å². The molecule has 1 aromatic rings. The maximum Gasteiger partial charge on any atom is 0.245 e. The zero-order chi connectivity index (χ0) is 17.2. The van der Waals surface area contributed by atoms with E-state index in [9.17, 15) is 10.1 Å². The van der Waals surface area contributed by atoms with Crippen molar-refractivity contribution in [3.63, 3.8) is 0 Å². The van der Waals surface area contributed by atoms with Gasteiger partial charge in [-0.05, 0) is 24.6 Å². The third-order valence-corrected chi connectivity index (χ3v) is 2.99. The summed E-state index contributed by atoms with van der Waals surface area (Å²) in [5.41, 5.74) is 0.537. The van der Waals surface area contributed by atoms with Crippen molar-refractivity contribution >= 4 is 5.91 Å². The van der Waals surface area contributed by atoms with Gasteiger partial charge < -0.3 is 19.5 Å². The number of ether oxygens (including phenoxy) is 3. The lowest BCUT2D eigenvalue weighted by atomic mass is 10.1. The SMILES string of the molecule is CC=CC=CC(=O)NC(C#N)c1cc(OC)c(OC)c(OC)c1. The van der Waals surface area contributed by atoms with Gasteiger partial charge in [-0.3, -0.25) is 4.79 Å². The Morgan fingerprint density at radius 3 is 2.22 bits per heavy atom. The molecule has 0 radical (unpaired) electrons. The smallest absolute Gasteiger partial charge is 0.245 e. The number of rotatable bonds is 7. The molecule has 23 heavy (non-hydrogen) atoms. The number of methoxy groups -OCH3 is 3. The number of hydrogen-bond acceptors (Lipinski definition) is 5. The molecule has 0 saturated carbocycles. The fourth-order valence-corrected chi connectivity index (χ4v) is 1.90. The molecule has 1 amide bonds. The number of carbonyl (C=O) groups excluding carboxylic acids is 1. The van der Waals surface area contributed by atoms with Crippen molar-refractivity contribution in [2.75, 3.05) is 21.3 Å². The number of nitriles is 1. The van der Waals surface area contributed by atoms with Gasteiger partial charge in [0, 0.05) is 6.08 Å². The van der Waals surface area contributed by atoms with Gasteiger partial charge >= 0.3 is 0 Å². The number of nitrogens with zero attached hydrogens (tertiary/aromatic N) is 1. The quantitative estimate of drug-likeness (QED) is 0.617. The van der Waals surface area contributed by atoms with Crippen molar-refractivity contribution in [2.45, 2.75) is 13.0 Å². The summed E-state index contributed by atoms with van der Waals surface area (Å²) in [6, 6.07) is 4.46. The number of amides is 1. The molecule has 0 aromatic heterocycles. The van der Waals surface area contributed by atoms with E-state index in [4.69, 9.17) is 14.2 Å².